The Morgan fingerprint density at radius 3 is 2.48 bits per heavy atom. The third kappa shape index (κ3) is 6.77. The summed E-state index contributed by atoms with van der Waals surface area (Å²) < 4.78 is 41.8. The number of anilines is 1. The Labute approximate surface area is 187 Å². The molecule has 0 aliphatic heterocycles. The number of thioether (sulfide) groups is 1. The number of rotatable bonds is 7. The number of methoxy groups -OCH3 is 3. The van der Waals surface area contributed by atoms with E-state index in [1.54, 1.807) is 4.72 Å². The van der Waals surface area contributed by atoms with Crippen LogP contribution in [0.15, 0.2) is 35.2 Å². The van der Waals surface area contributed by atoms with Gasteiger partial charge >= 0.3 is 12.0 Å². The molecule has 0 saturated heterocycles. The van der Waals surface area contributed by atoms with E-state index in [2.05, 4.69) is 20.0 Å². The van der Waals surface area contributed by atoms with Gasteiger partial charge in [-0.15, -0.1) is 0 Å². The minimum Gasteiger partial charge on any atom is -0.482 e. The van der Waals surface area contributed by atoms with Gasteiger partial charge in [-0.05, 0) is 24.4 Å². The van der Waals surface area contributed by atoms with E-state index in [9.17, 15) is 18.0 Å². The molecule has 0 bridgehead atoms. The van der Waals surface area contributed by atoms with Gasteiger partial charge in [-0.2, -0.15) is 4.98 Å². The molecule has 166 valence electrons. The second-order valence-corrected chi connectivity index (χ2v) is 8.74. The molecule has 0 atom stereocenters. The van der Waals surface area contributed by atoms with Crippen molar-refractivity contribution in [2.75, 3.05) is 26.6 Å². The van der Waals surface area contributed by atoms with Crippen LogP contribution in [0.1, 0.15) is 16.1 Å². The first-order valence-corrected chi connectivity index (χ1v) is 11.2. The van der Waals surface area contributed by atoms with E-state index in [-0.39, 0.29) is 17.4 Å². The number of thiocarbonyl (C=S) groups is 1. The molecule has 2 amide bonds. The lowest BCUT2D eigenvalue weighted by Gasteiger charge is -2.11. The van der Waals surface area contributed by atoms with Gasteiger partial charge in [0.05, 0.1) is 32.6 Å². The molecule has 14 heteroatoms. The van der Waals surface area contributed by atoms with Crippen LogP contribution < -0.4 is 14.8 Å². The Hall–Kier alpha value is -2.97. The van der Waals surface area contributed by atoms with Gasteiger partial charge in [0.1, 0.15) is 4.90 Å². The van der Waals surface area contributed by atoms with Crippen LogP contribution in [-0.2, 0) is 25.2 Å². The largest absolute Gasteiger partial charge is 0.482 e. The van der Waals surface area contributed by atoms with Gasteiger partial charge in [-0.3, -0.25) is 5.32 Å². The summed E-state index contributed by atoms with van der Waals surface area (Å²) in [6.45, 7) is 0. The molecule has 0 radical (unpaired) electrons. The van der Waals surface area contributed by atoms with Crippen molar-refractivity contribution in [2.45, 2.75) is 10.6 Å². The summed E-state index contributed by atoms with van der Waals surface area (Å²) in [7, 11) is -0.483. The maximum atomic E-state index is 12.6. The van der Waals surface area contributed by atoms with Crippen LogP contribution in [0.5, 0.6) is 5.88 Å². The topological polar surface area (TPSA) is 146 Å². The van der Waals surface area contributed by atoms with Crippen LogP contribution >= 0.6 is 24.0 Å². The molecule has 0 aliphatic carbocycles. The molecule has 1 heterocycles. The molecule has 11 nitrogen and oxygen atoms in total. The number of esters is 1. The standard InChI is InChI=1S/C17H18N4O7S3/c1-26-13-8-10(9-30-17(29)28-3)18-15(19-13)20-16(23)21-31(24,25)12-7-5-4-6-11(12)14(22)27-2/h4-8H,9H2,1-3H3,(H2,18,19,20,21,23). The highest BCUT2D eigenvalue weighted by Gasteiger charge is 2.25. The fraction of sp³-hybridized carbons (Fsp3) is 0.235. The number of carbonyl (C=O) groups is 2. The van der Waals surface area contributed by atoms with E-state index in [1.165, 1.54) is 50.2 Å². The molecule has 0 saturated carbocycles. The first-order valence-electron chi connectivity index (χ1n) is 8.34. The van der Waals surface area contributed by atoms with Crippen molar-refractivity contribution in [2.24, 2.45) is 0 Å². The van der Waals surface area contributed by atoms with Gasteiger partial charge in [0, 0.05) is 11.8 Å². The summed E-state index contributed by atoms with van der Waals surface area (Å²) in [5.41, 5.74) is 0.224. The van der Waals surface area contributed by atoms with Crippen molar-refractivity contribution in [1.29, 1.82) is 0 Å². The second-order valence-electron chi connectivity index (χ2n) is 5.52. The number of benzene rings is 1. The fourth-order valence-corrected chi connectivity index (χ4v) is 3.99. The maximum Gasteiger partial charge on any atom is 0.339 e. The molecule has 1 aromatic heterocycles. The number of aromatic nitrogens is 2. The highest BCUT2D eigenvalue weighted by atomic mass is 32.2. The summed E-state index contributed by atoms with van der Waals surface area (Å²) in [5.74, 6) is -0.629. The Balaban J connectivity index is 2.20. The first kappa shape index (κ1) is 24.3. The van der Waals surface area contributed by atoms with Crippen LogP contribution in [0.4, 0.5) is 10.7 Å². The second kappa shape index (κ2) is 10.9. The van der Waals surface area contributed by atoms with Gasteiger partial charge in [0.25, 0.3) is 10.0 Å². The summed E-state index contributed by atoms with van der Waals surface area (Å²) in [6.07, 6.45) is 0. The first-order chi connectivity index (χ1) is 14.7. The Morgan fingerprint density at radius 1 is 1.13 bits per heavy atom. The molecule has 2 aromatic rings. The minimum atomic E-state index is -4.40. The SMILES string of the molecule is COC(=O)c1ccccc1S(=O)(=O)NC(=O)Nc1nc(CSC(=S)OC)cc(OC)n1. The third-order valence-electron chi connectivity index (χ3n) is 3.50. The van der Waals surface area contributed by atoms with Gasteiger partial charge in [0.15, 0.2) is 0 Å². The number of carbonyl (C=O) groups excluding carboxylic acids is 2. The van der Waals surface area contributed by atoms with E-state index in [0.29, 0.717) is 15.8 Å². The zero-order valence-electron chi connectivity index (χ0n) is 16.6. The van der Waals surface area contributed by atoms with Crippen molar-refractivity contribution >= 4 is 56.3 Å². The molecular weight excluding hydrogens is 468 g/mol. The number of nitrogens with one attached hydrogen (secondary N) is 2. The number of hydrogen-bond donors (Lipinski definition) is 2. The monoisotopic (exact) mass is 486 g/mol. The summed E-state index contributed by atoms with van der Waals surface area (Å²) in [4.78, 5) is 31.8. The number of amides is 2. The molecule has 31 heavy (non-hydrogen) atoms. The lowest BCUT2D eigenvalue weighted by molar-refractivity contribution is 0.0596. The normalized spacial score (nSPS) is 10.7. The zero-order chi connectivity index (χ0) is 23.0. The molecule has 2 N–H and O–H groups in total. The average molecular weight is 487 g/mol. The molecule has 0 spiro atoms. The van der Waals surface area contributed by atoms with Crippen LogP contribution in [0.25, 0.3) is 0 Å². The third-order valence-corrected chi connectivity index (χ3v) is 6.26. The number of sulfonamides is 1. The Morgan fingerprint density at radius 2 is 1.84 bits per heavy atom. The van der Waals surface area contributed by atoms with Gasteiger partial charge in [0.2, 0.25) is 16.2 Å². The quantitative estimate of drug-likeness (QED) is 0.437. The van der Waals surface area contributed by atoms with Crippen molar-refractivity contribution in [3.05, 3.63) is 41.6 Å². The van der Waals surface area contributed by atoms with Crippen molar-refractivity contribution < 1.29 is 32.2 Å². The van der Waals surface area contributed by atoms with Crippen LogP contribution in [0.3, 0.4) is 0 Å². The van der Waals surface area contributed by atoms with E-state index in [0.717, 1.165) is 13.2 Å². The lowest BCUT2D eigenvalue weighted by atomic mass is 10.2. The van der Waals surface area contributed by atoms with Crippen LogP contribution in [0, 0.1) is 0 Å². The van der Waals surface area contributed by atoms with E-state index >= 15 is 0 Å². The maximum absolute atomic E-state index is 12.6. The fourth-order valence-electron chi connectivity index (χ4n) is 2.18. The summed E-state index contributed by atoms with van der Waals surface area (Å²) >= 11 is 6.13. The van der Waals surface area contributed by atoms with Crippen LogP contribution in [-0.4, -0.2) is 56.1 Å². The highest BCUT2D eigenvalue weighted by molar-refractivity contribution is 8.22. The number of urea groups is 1. The van der Waals surface area contributed by atoms with Crippen molar-refractivity contribution in [3.8, 4) is 5.88 Å². The number of hydrogen-bond acceptors (Lipinski definition) is 11. The molecule has 0 aliphatic rings. The lowest BCUT2D eigenvalue weighted by Crippen LogP contribution is -2.35. The average Bonchev–Trinajstić information content (AvgIpc) is 2.76. The number of ether oxygens (including phenoxy) is 3. The molecule has 0 fully saturated rings. The highest BCUT2D eigenvalue weighted by Crippen LogP contribution is 2.19. The summed E-state index contributed by atoms with van der Waals surface area (Å²) in [5, 5.41) is 2.23. The molecule has 1 aromatic carbocycles. The minimum absolute atomic E-state index is 0.142. The Bertz CT molecular complexity index is 1090. The van der Waals surface area contributed by atoms with Gasteiger partial charge in [-0.1, -0.05) is 23.9 Å². The van der Waals surface area contributed by atoms with E-state index in [1.807, 2.05) is 0 Å². The molecular formula is C17H18N4O7S3. The van der Waals surface area contributed by atoms with Crippen LogP contribution in [0.2, 0.25) is 0 Å². The molecule has 0 unspecified atom stereocenters. The zero-order valence-corrected chi connectivity index (χ0v) is 19.0. The van der Waals surface area contributed by atoms with Crippen molar-refractivity contribution in [1.82, 2.24) is 14.7 Å². The predicted molar refractivity (Wildman–Crippen MR) is 117 cm³/mol. The molecule has 2 rings (SSSR count). The van der Waals surface area contributed by atoms with E-state index in [4.69, 9.17) is 21.7 Å². The van der Waals surface area contributed by atoms with Gasteiger partial charge < -0.3 is 14.2 Å². The number of nitrogens with zero attached hydrogens (tertiary/aromatic N) is 2. The van der Waals surface area contributed by atoms with E-state index < -0.39 is 26.9 Å². The summed E-state index contributed by atoms with van der Waals surface area (Å²) in [6, 6.07) is 5.68. The Kier molecular flexibility index (Phi) is 8.53. The van der Waals surface area contributed by atoms with Gasteiger partial charge in [-0.25, -0.2) is 27.7 Å². The smallest absolute Gasteiger partial charge is 0.339 e. The van der Waals surface area contributed by atoms with Crippen molar-refractivity contribution in [3.63, 3.8) is 0 Å². The predicted octanol–water partition coefficient (Wildman–Crippen LogP) is 1.95.